The molecule has 0 bridgehead atoms. The van der Waals surface area contributed by atoms with Gasteiger partial charge in [0.25, 0.3) is 0 Å². The van der Waals surface area contributed by atoms with Crippen LogP contribution >= 0.6 is 0 Å². The van der Waals surface area contributed by atoms with Crippen LogP contribution in [-0.2, 0) is 0 Å². The molecule has 18 heavy (non-hydrogen) atoms. The van der Waals surface area contributed by atoms with E-state index in [-0.39, 0.29) is 0 Å². The molecule has 96 valence electrons. The Kier molecular flexibility index (Phi) is 4.16. The molecule has 0 radical (unpaired) electrons. The molecular weight excluding hydrogens is 224 g/mol. The van der Waals surface area contributed by atoms with Crippen molar-refractivity contribution in [3.8, 4) is 6.07 Å². The predicted octanol–water partition coefficient (Wildman–Crippen LogP) is 1.92. The van der Waals surface area contributed by atoms with Crippen molar-refractivity contribution in [1.29, 1.82) is 5.26 Å². The zero-order valence-corrected chi connectivity index (χ0v) is 11.1. The highest BCUT2D eigenvalue weighted by Crippen LogP contribution is 2.22. The number of nitrogens with one attached hydrogen (secondary N) is 1. The summed E-state index contributed by atoms with van der Waals surface area (Å²) in [5.74, 6) is 0. The van der Waals surface area contributed by atoms with Gasteiger partial charge in [-0.05, 0) is 25.0 Å². The van der Waals surface area contributed by atoms with Gasteiger partial charge in [-0.25, -0.2) is 4.98 Å². The molecular formula is C14H20N4. The lowest BCUT2D eigenvalue weighted by Gasteiger charge is -2.41. The van der Waals surface area contributed by atoms with Gasteiger partial charge < -0.3 is 10.2 Å². The van der Waals surface area contributed by atoms with Gasteiger partial charge in [-0.1, -0.05) is 13.8 Å². The Morgan fingerprint density at radius 1 is 1.50 bits per heavy atom. The smallest absolute Gasteiger partial charge is 0.142 e. The summed E-state index contributed by atoms with van der Waals surface area (Å²) in [6.45, 7) is 6.43. The summed E-state index contributed by atoms with van der Waals surface area (Å²) in [5, 5.41) is 12.5. The fourth-order valence-corrected chi connectivity index (χ4v) is 2.48. The molecule has 1 fully saturated rings. The molecule has 0 spiro atoms. The number of aromatic nitrogens is 1. The van der Waals surface area contributed by atoms with Crippen LogP contribution in [0.15, 0.2) is 18.3 Å². The molecule has 1 aliphatic heterocycles. The van der Waals surface area contributed by atoms with Gasteiger partial charge in [0.1, 0.15) is 11.8 Å². The summed E-state index contributed by atoms with van der Waals surface area (Å²) in [6, 6.07) is 7.04. The lowest BCUT2D eigenvalue weighted by molar-refractivity contribution is 0.379. The second-order valence-electron chi connectivity index (χ2n) is 4.74. The monoisotopic (exact) mass is 244 g/mol. The van der Waals surface area contributed by atoms with Crippen LogP contribution in [0.25, 0.3) is 0 Å². The molecule has 0 saturated carbocycles. The van der Waals surface area contributed by atoms with Crippen molar-refractivity contribution >= 4 is 5.69 Å². The molecule has 2 heterocycles. The molecule has 0 aromatic carbocycles. The van der Waals surface area contributed by atoms with E-state index in [1.165, 1.54) is 0 Å². The van der Waals surface area contributed by atoms with Crippen molar-refractivity contribution in [2.75, 3.05) is 18.0 Å². The fraction of sp³-hybridized carbons (Fsp3) is 0.571. The zero-order chi connectivity index (χ0) is 13.0. The highest BCUT2D eigenvalue weighted by molar-refractivity contribution is 5.50. The molecule has 1 aromatic heterocycles. The quantitative estimate of drug-likeness (QED) is 0.882. The first kappa shape index (κ1) is 12.8. The lowest BCUT2D eigenvalue weighted by Crippen LogP contribution is -2.56. The van der Waals surface area contributed by atoms with Crippen molar-refractivity contribution in [3.05, 3.63) is 24.0 Å². The maximum absolute atomic E-state index is 8.94. The summed E-state index contributed by atoms with van der Waals surface area (Å²) in [6.07, 6.45) is 3.96. The van der Waals surface area contributed by atoms with Gasteiger partial charge in [0, 0.05) is 37.1 Å². The van der Waals surface area contributed by atoms with Gasteiger partial charge in [-0.3, -0.25) is 0 Å². The van der Waals surface area contributed by atoms with Crippen LogP contribution in [0.3, 0.4) is 0 Å². The normalized spacial score (nSPS) is 23.7. The van der Waals surface area contributed by atoms with Crippen LogP contribution < -0.4 is 10.2 Å². The highest BCUT2D eigenvalue weighted by atomic mass is 15.2. The van der Waals surface area contributed by atoms with Gasteiger partial charge in [0.15, 0.2) is 0 Å². The number of anilines is 1. The van der Waals surface area contributed by atoms with Crippen molar-refractivity contribution in [1.82, 2.24) is 10.3 Å². The molecule has 1 saturated heterocycles. The topological polar surface area (TPSA) is 52.0 Å². The van der Waals surface area contributed by atoms with E-state index in [4.69, 9.17) is 5.26 Å². The Bertz CT molecular complexity index is 438. The van der Waals surface area contributed by atoms with Gasteiger partial charge in [-0.15, -0.1) is 0 Å². The van der Waals surface area contributed by atoms with E-state index in [9.17, 15) is 0 Å². The molecule has 0 amide bonds. The van der Waals surface area contributed by atoms with Gasteiger partial charge in [0.2, 0.25) is 0 Å². The van der Waals surface area contributed by atoms with Gasteiger partial charge in [-0.2, -0.15) is 5.26 Å². The van der Waals surface area contributed by atoms with E-state index in [0.29, 0.717) is 17.8 Å². The molecule has 4 heteroatoms. The first-order valence-electron chi connectivity index (χ1n) is 6.64. The molecule has 1 aromatic rings. The fourth-order valence-electron chi connectivity index (χ4n) is 2.48. The second kappa shape index (κ2) is 5.83. The largest absolute Gasteiger partial charge is 0.366 e. The minimum atomic E-state index is 0.494. The molecule has 4 nitrogen and oxygen atoms in total. The summed E-state index contributed by atoms with van der Waals surface area (Å²) in [4.78, 5) is 6.45. The van der Waals surface area contributed by atoms with E-state index >= 15 is 0 Å². The van der Waals surface area contributed by atoms with E-state index in [1.54, 1.807) is 6.20 Å². The molecule has 1 N–H and O–H groups in total. The first-order chi connectivity index (χ1) is 8.78. The van der Waals surface area contributed by atoms with Crippen molar-refractivity contribution < 1.29 is 0 Å². The number of nitriles is 1. The second-order valence-corrected chi connectivity index (χ2v) is 4.74. The van der Waals surface area contributed by atoms with Crippen LogP contribution in [0.2, 0.25) is 0 Å². The third-order valence-electron chi connectivity index (χ3n) is 3.65. The van der Waals surface area contributed by atoms with E-state index in [0.717, 1.165) is 31.6 Å². The molecule has 1 aliphatic rings. The minimum absolute atomic E-state index is 0.494. The van der Waals surface area contributed by atoms with Gasteiger partial charge >= 0.3 is 0 Å². The van der Waals surface area contributed by atoms with Crippen molar-refractivity contribution in [2.24, 2.45) is 0 Å². The van der Waals surface area contributed by atoms with Crippen LogP contribution in [0.1, 0.15) is 32.4 Å². The van der Waals surface area contributed by atoms with E-state index < -0.39 is 0 Å². The number of rotatable bonds is 3. The Hall–Kier alpha value is -1.60. The number of piperazine rings is 1. The molecule has 0 aliphatic carbocycles. The Balaban J connectivity index is 2.24. The third-order valence-corrected chi connectivity index (χ3v) is 3.65. The van der Waals surface area contributed by atoms with E-state index in [2.05, 4.69) is 35.1 Å². The SMILES string of the molecule is CCC1CN(c2ccnc(C#N)c2)C(CC)CN1. The summed E-state index contributed by atoms with van der Waals surface area (Å²) in [7, 11) is 0. The average molecular weight is 244 g/mol. The lowest BCUT2D eigenvalue weighted by atomic mass is 10.0. The number of pyridine rings is 1. The van der Waals surface area contributed by atoms with Crippen LogP contribution in [-0.4, -0.2) is 30.2 Å². The van der Waals surface area contributed by atoms with Crippen molar-refractivity contribution in [2.45, 2.75) is 38.8 Å². The van der Waals surface area contributed by atoms with Crippen LogP contribution in [0.4, 0.5) is 5.69 Å². The summed E-state index contributed by atoms with van der Waals surface area (Å²) in [5.41, 5.74) is 1.61. The highest BCUT2D eigenvalue weighted by Gasteiger charge is 2.26. The van der Waals surface area contributed by atoms with Crippen LogP contribution in [0, 0.1) is 11.3 Å². The average Bonchev–Trinajstić information content (AvgIpc) is 2.46. The standard InChI is InChI=1S/C14H20N4/c1-3-11-10-18(13(4-2)9-17-11)14-5-6-16-12(7-14)8-15/h5-7,11,13,17H,3-4,9-10H2,1-2H3. The summed E-state index contributed by atoms with van der Waals surface area (Å²) >= 11 is 0. The number of hydrogen-bond acceptors (Lipinski definition) is 4. The maximum atomic E-state index is 8.94. The van der Waals surface area contributed by atoms with E-state index in [1.807, 2.05) is 12.1 Å². The van der Waals surface area contributed by atoms with Crippen LogP contribution in [0.5, 0.6) is 0 Å². The number of hydrogen-bond donors (Lipinski definition) is 1. The Labute approximate surface area is 109 Å². The van der Waals surface area contributed by atoms with Gasteiger partial charge in [0.05, 0.1) is 0 Å². The predicted molar refractivity (Wildman–Crippen MR) is 72.5 cm³/mol. The Morgan fingerprint density at radius 2 is 2.33 bits per heavy atom. The third kappa shape index (κ3) is 2.62. The first-order valence-corrected chi connectivity index (χ1v) is 6.64. The number of nitrogens with zero attached hydrogens (tertiary/aromatic N) is 3. The molecule has 2 unspecified atom stereocenters. The zero-order valence-electron chi connectivity index (χ0n) is 11.1. The molecule has 2 rings (SSSR count). The molecule has 2 atom stereocenters. The minimum Gasteiger partial charge on any atom is -0.366 e. The van der Waals surface area contributed by atoms with Crippen molar-refractivity contribution in [3.63, 3.8) is 0 Å². The maximum Gasteiger partial charge on any atom is 0.142 e. The summed E-state index contributed by atoms with van der Waals surface area (Å²) < 4.78 is 0. The Morgan fingerprint density at radius 3 is 3.00 bits per heavy atom.